The first-order valence-electron chi connectivity index (χ1n) is 19.8. The Bertz CT molecular complexity index is 2980. The summed E-state index contributed by atoms with van der Waals surface area (Å²) >= 11 is 0. The van der Waals surface area contributed by atoms with Crippen LogP contribution in [0.3, 0.4) is 0 Å². The van der Waals surface area contributed by atoms with Gasteiger partial charge in [-0.2, -0.15) is 0 Å². The van der Waals surface area contributed by atoms with Gasteiger partial charge in [0.05, 0.1) is 11.0 Å². The second kappa shape index (κ2) is 16.2. The van der Waals surface area contributed by atoms with Gasteiger partial charge in [-0.05, 0) is 90.7 Å². The van der Waals surface area contributed by atoms with Gasteiger partial charge < -0.3 is 18.9 Å². The van der Waals surface area contributed by atoms with Gasteiger partial charge in [-0.25, -0.2) is 19.9 Å². The summed E-state index contributed by atoms with van der Waals surface area (Å²) in [6.07, 6.45) is 7.16. The predicted molar refractivity (Wildman–Crippen MR) is 238 cm³/mol. The zero-order chi connectivity index (χ0) is 41.1. The fourth-order valence-corrected chi connectivity index (χ4v) is 7.46. The molecule has 10 rings (SSSR count). The van der Waals surface area contributed by atoms with E-state index in [1.54, 1.807) is 18.5 Å². The first kappa shape index (κ1) is 37.0. The SMILES string of the molecule is Cc1cc(Oc2cccc(Oc3ccc4c5ccc(Oc6cccc(Oc7cc(C)c(-c8ccccc8)cn7)c6)cc5n(-c5ncccn5)c4c3)c2)ncc1-c1ccccc1. The molecule has 0 aliphatic carbocycles. The summed E-state index contributed by atoms with van der Waals surface area (Å²) in [4.78, 5) is 18.4. The molecule has 0 bridgehead atoms. The minimum Gasteiger partial charge on any atom is -0.457 e. The van der Waals surface area contributed by atoms with Gasteiger partial charge in [-0.3, -0.25) is 4.57 Å². The largest absolute Gasteiger partial charge is 0.457 e. The van der Waals surface area contributed by atoms with Crippen molar-refractivity contribution in [2.45, 2.75) is 13.8 Å². The molecule has 0 amide bonds. The van der Waals surface area contributed by atoms with Crippen molar-refractivity contribution in [1.29, 1.82) is 0 Å². The molecule has 6 aromatic carbocycles. The van der Waals surface area contributed by atoms with Crippen LogP contribution in [0, 0.1) is 13.8 Å². The summed E-state index contributed by atoms with van der Waals surface area (Å²) in [5, 5.41) is 2.02. The van der Waals surface area contributed by atoms with E-state index >= 15 is 0 Å². The van der Waals surface area contributed by atoms with Crippen LogP contribution in [0.5, 0.6) is 46.3 Å². The van der Waals surface area contributed by atoms with Gasteiger partial charge >= 0.3 is 0 Å². The number of pyridine rings is 2. The lowest BCUT2D eigenvalue weighted by Gasteiger charge is -2.11. The van der Waals surface area contributed by atoms with Gasteiger partial charge in [0.2, 0.25) is 17.7 Å². The molecule has 0 saturated heterocycles. The van der Waals surface area contributed by atoms with Crippen LogP contribution >= 0.6 is 0 Å². The highest BCUT2D eigenvalue weighted by molar-refractivity contribution is 6.09. The Balaban J connectivity index is 0.908. The summed E-state index contributed by atoms with van der Waals surface area (Å²) in [5.41, 5.74) is 8.24. The van der Waals surface area contributed by atoms with E-state index in [9.17, 15) is 0 Å². The van der Waals surface area contributed by atoms with Gasteiger partial charge in [-0.15, -0.1) is 0 Å². The van der Waals surface area contributed by atoms with Crippen LogP contribution in [0.25, 0.3) is 50.0 Å². The van der Waals surface area contributed by atoms with Crippen LogP contribution < -0.4 is 18.9 Å². The summed E-state index contributed by atoms with van der Waals surface area (Å²) in [5.74, 6) is 5.25. The third-order valence-corrected chi connectivity index (χ3v) is 10.3. The maximum atomic E-state index is 6.45. The number of rotatable bonds is 11. The lowest BCUT2D eigenvalue weighted by atomic mass is 10.0. The molecular weight excluding hydrogens is 759 g/mol. The Labute approximate surface area is 352 Å². The number of nitrogens with zero attached hydrogens (tertiary/aromatic N) is 5. The summed E-state index contributed by atoms with van der Waals surface area (Å²) < 4.78 is 27.3. The molecule has 0 N–H and O–H groups in total. The number of hydrogen-bond acceptors (Lipinski definition) is 8. The van der Waals surface area contributed by atoms with Crippen molar-refractivity contribution in [2.24, 2.45) is 0 Å². The number of benzene rings is 6. The van der Waals surface area contributed by atoms with Crippen molar-refractivity contribution in [1.82, 2.24) is 24.5 Å². The van der Waals surface area contributed by atoms with E-state index in [1.807, 2.05) is 138 Å². The molecule has 9 nitrogen and oxygen atoms in total. The maximum absolute atomic E-state index is 6.45. The monoisotopic (exact) mass is 795 g/mol. The molecule has 0 radical (unpaired) electrons. The molecular formula is C52H37N5O4. The molecule has 0 aliphatic rings. The number of aromatic nitrogens is 5. The summed E-state index contributed by atoms with van der Waals surface area (Å²) in [6.45, 7) is 4.11. The molecule has 9 heteroatoms. The zero-order valence-electron chi connectivity index (χ0n) is 33.3. The van der Waals surface area contributed by atoms with E-state index in [-0.39, 0.29) is 0 Å². The Kier molecular flexibility index (Phi) is 9.80. The predicted octanol–water partition coefficient (Wildman–Crippen LogP) is 13.5. The van der Waals surface area contributed by atoms with E-state index in [0.29, 0.717) is 52.2 Å². The fraction of sp³-hybridized carbons (Fsp3) is 0.0385. The first-order valence-corrected chi connectivity index (χ1v) is 19.8. The van der Waals surface area contributed by atoms with E-state index in [4.69, 9.17) is 18.9 Å². The zero-order valence-corrected chi connectivity index (χ0v) is 33.3. The van der Waals surface area contributed by atoms with Crippen molar-refractivity contribution in [3.63, 3.8) is 0 Å². The molecule has 0 aliphatic heterocycles. The lowest BCUT2D eigenvalue weighted by Crippen LogP contribution is -2.00. The minimum absolute atomic E-state index is 0.505. The number of aryl methyl sites for hydroxylation is 2. The lowest BCUT2D eigenvalue weighted by molar-refractivity contribution is 0.448. The molecule has 61 heavy (non-hydrogen) atoms. The van der Waals surface area contributed by atoms with Gasteiger partial charge in [-0.1, -0.05) is 72.8 Å². The van der Waals surface area contributed by atoms with Gasteiger partial charge in [0.1, 0.15) is 34.5 Å². The number of ether oxygens (including phenoxy) is 4. The second-order valence-electron chi connectivity index (χ2n) is 14.5. The average Bonchev–Trinajstić information content (AvgIpc) is 3.60. The average molecular weight is 796 g/mol. The number of hydrogen-bond donors (Lipinski definition) is 0. The molecule has 4 heterocycles. The van der Waals surface area contributed by atoms with Gasteiger partial charge in [0, 0.05) is 83.1 Å². The first-order chi connectivity index (χ1) is 30.0. The highest BCUT2D eigenvalue weighted by Gasteiger charge is 2.17. The number of fused-ring (bicyclic) bond motifs is 3. The topological polar surface area (TPSA) is 93.4 Å². The normalized spacial score (nSPS) is 11.1. The van der Waals surface area contributed by atoms with Crippen LogP contribution in [0.4, 0.5) is 0 Å². The third-order valence-electron chi connectivity index (χ3n) is 10.3. The molecule has 294 valence electrons. The molecule has 0 atom stereocenters. The van der Waals surface area contributed by atoms with Gasteiger partial charge in [0.25, 0.3) is 0 Å². The minimum atomic E-state index is 0.505. The van der Waals surface area contributed by atoms with E-state index in [1.165, 1.54) is 0 Å². The van der Waals surface area contributed by atoms with Crippen molar-refractivity contribution >= 4 is 21.8 Å². The Hall–Kier alpha value is -8.30. The maximum Gasteiger partial charge on any atom is 0.234 e. The molecule has 0 spiro atoms. The van der Waals surface area contributed by atoms with Crippen molar-refractivity contribution in [2.75, 3.05) is 0 Å². The van der Waals surface area contributed by atoms with Crippen molar-refractivity contribution in [3.8, 4) is 74.5 Å². The van der Waals surface area contributed by atoms with Gasteiger partial charge in [0.15, 0.2) is 0 Å². The second-order valence-corrected chi connectivity index (χ2v) is 14.5. The quantitative estimate of drug-likeness (QED) is 0.128. The highest BCUT2D eigenvalue weighted by atomic mass is 16.5. The molecule has 10 aromatic rings. The highest BCUT2D eigenvalue weighted by Crippen LogP contribution is 2.38. The Morgan fingerprint density at radius 2 is 0.803 bits per heavy atom. The summed E-state index contributed by atoms with van der Waals surface area (Å²) in [7, 11) is 0. The molecule has 0 unspecified atom stereocenters. The molecule has 0 saturated carbocycles. The smallest absolute Gasteiger partial charge is 0.234 e. The molecule has 0 fully saturated rings. The fourth-order valence-electron chi connectivity index (χ4n) is 7.46. The Morgan fingerprint density at radius 3 is 1.25 bits per heavy atom. The van der Waals surface area contributed by atoms with Crippen LogP contribution in [-0.2, 0) is 0 Å². The standard InChI is InChI=1S/C52H37N5O4/c1-34-26-50(55-32-46(34)36-12-5-3-6-13-36)60-40-18-9-16-38(28-40)58-42-20-22-44-45-23-21-43(31-49(45)57(48(44)30-42)52-53-24-11-25-54-52)59-39-17-10-19-41(29-39)61-51-27-35(2)47(33-56-51)37-14-7-4-8-15-37/h3-33H,1-2H3. The summed E-state index contributed by atoms with van der Waals surface area (Å²) in [6, 6.07) is 53.2. The van der Waals surface area contributed by atoms with E-state index in [0.717, 1.165) is 55.2 Å². The van der Waals surface area contributed by atoms with Crippen LogP contribution in [-0.4, -0.2) is 24.5 Å². The molecule has 4 aromatic heterocycles. The van der Waals surface area contributed by atoms with Crippen molar-refractivity contribution < 1.29 is 18.9 Å². The van der Waals surface area contributed by atoms with Crippen LogP contribution in [0.15, 0.2) is 189 Å². The van der Waals surface area contributed by atoms with E-state index < -0.39 is 0 Å². The van der Waals surface area contributed by atoms with Crippen molar-refractivity contribution in [3.05, 3.63) is 200 Å². The van der Waals surface area contributed by atoms with Crippen LogP contribution in [0.1, 0.15) is 11.1 Å². The van der Waals surface area contributed by atoms with E-state index in [2.05, 4.69) is 70.2 Å². The van der Waals surface area contributed by atoms with Crippen LogP contribution in [0.2, 0.25) is 0 Å². The third kappa shape index (κ3) is 7.83. The Morgan fingerprint density at radius 1 is 0.377 bits per heavy atom.